The summed E-state index contributed by atoms with van der Waals surface area (Å²) in [4.78, 5) is 16.6. The molecule has 1 amide bonds. The molecule has 28 heavy (non-hydrogen) atoms. The molecule has 0 spiro atoms. The van der Waals surface area contributed by atoms with Crippen molar-refractivity contribution in [2.75, 3.05) is 51.3 Å². The third-order valence-electron chi connectivity index (χ3n) is 5.10. The van der Waals surface area contributed by atoms with Crippen LogP contribution in [0.25, 0.3) is 0 Å². The molecule has 0 bridgehead atoms. The van der Waals surface area contributed by atoms with Gasteiger partial charge in [0.1, 0.15) is 11.6 Å². The molecule has 1 N–H and O–H groups in total. The highest BCUT2D eigenvalue weighted by molar-refractivity contribution is 5.76. The maximum absolute atomic E-state index is 13.6. The smallest absolute Gasteiger partial charge is 0.223 e. The van der Waals surface area contributed by atoms with Gasteiger partial charge in [-0.3, -0.25) is 4.79 Å². The van der Waals surface area contributed by atoms with Crippen LogP contribution in [-0.2, 0) is 11.2 Å². The highest BCUT2D eigenvalue weighted by atomic mass is 19.1. The van der Waals surface area contributed by atoms with Gasteiger partial charge in [0.25, 0.3) is 0 Å². The van der Waals surface area contributed by atoms with Gasteiger partial charge in [0.2, 0.25) is 5.91 Å². The summed E-state index contributed by atoms with van der Waals surface area (Å²) < 4.78 is 19.0. The standard InChI is InChI=1S/C22H28FN3O2/c1-28-21-9-5-4-8-20(21)25-14-16-26(17-15-25)22(27)11-13-24-12-10-18-6-2-3-7-19(18)23/h2-9,24H,10-17H2,1H3. The second-order valence-electron chi connectivity index (χ2n) is 6.88. The van der Waals surface area contributed by atoms with Crippen LogP contribution < -0.4 is 15.0 Å². The number of carbonyl (C=O) groups excluding carboxylic acids is 1. The third-order valence-corrected chi connectivity index (χ3v) is 5.10. The zero-order valence-corrected chi connectivity index (χ0v) is 16.4. The van der Waals surface area contributed by atoms with Crippen molar-refractivity contribution in [3.63, 3.8) is 0 Å². The summed E-state index contributed by atoms with van der Waals surface area (Å²) >= 11 is 0. The quantitative estimate of drug-likeness (QED) is 0.710. The Kier molecular flexibility index (Phi) is 7.25. The molecule has 1 aliphatic heterocycles. The van der Waals surface area contributed by atoms with Crippen molar-refractivity contribution < 1.29 is 13.9 Å². The molecule has 2 aromatic carbocycles. The molecule has 0 aromatic heterocycles. The lowest BCUT2D eigenvalue weighted by Crippen LogP contribution is -2.49. The number of carbonyl (C=O) groups is 1. The number of nitrogens with one attached hydrogen (secondary N) is 1. The number of anilines is 1. The van der Waals surface area contributed by atoms with Crippen molar-refractivity contribution in [3.05, 3.63) is 59.9 Å². The van der Waals surface area contributed by atoms with E-state index in [9.17, 15) is 9.18 Å². The van der Waals surface area contributed by atoms with E-state index in [2.05, 4.69) is 16.3 Å². The largest absolute Gasteiger partial charge is 0.495 e. The van der Waals surface area contributed by atoms with Gasteiger partial charge >= 0.3 is 0 Å². The van der Waals surface area contributed by atoms with E-state index < -0.39 is 0 Å². The van der Waals surface area contributed by atoms with Crippen molar-refractivity contribution in [1.29, 1.82) is 0 Å². The van der Waals surface area contributed by atoms with Crippen LogP contribution in [0.5, 0.6) is 5.75 Å². The lowest BCUT2D eigenvalue weighted by Gasteiger charge is -2.36. The third kappa shape index (κ3) is 5.23. The molecule has 150 valence electrons. The number of rotatable bonds is 8. The molecule has 0 aliphatic carbocycles. The topological polar surface area (TPSA) is 44.8 Å². The first-order valence-electron chi connectivity index (χ1n) is 9.79. The van der Waals surface area contributed by atoms with Crippen molar-refractivity contribution in [2.24, 2.45) is 0 Å². The Labute approximate surface area is 166 Å². The highest BCUT2D eigenvalue weighted by Crippen LogP contribution is 2.28. The average molecular weight is 385 g/mol. The van der Waals surface area contributed by atoms with Crippen LogP contribution in [0, 0.1) is 5.82 Å². The Morgan fingerprint density at radius 2 is 1.75 bits per heavy atom. The van der Waals surface area contributed by atoms with Gasteiger partial charge in [0.05, 0.1) is 12.8 Å². The first-order valence-corrected chi connectivity index (χ1v) is 9.79. The summed E-state index contributed by atoms with van der Waals surface area (Å²) in [5.74, 6) is 0.854. The second-order valence-corrected chi connectivity index (χ2v) is 6.88. The molecular weight excluding hydrogens is 357 g/mol. The summed E-state index contributed by atoms with van der Waals surface area (Å²) in [7, 11) is 1.68. The summed E-state index contributed by atoms with van der Waals surface area (Å²) in [6.45, 7) is 4.30. The van der Waals surface area contributed by atoms with E-state index in [1.54, 1.807) is 19.2 Å². The molecular formula is C22H28FN3O2. The van der Waals surface area contributed by atoms with E-state index in [1.807, 2.05) is 29.2 Å². The number of para-hydroxylation sites is 2. The van der Waals surface area contributed by atoms with E-state index >= 15 is 0 Å². The van der Waals surface area contributed by atoms with Crippen LogP contribution in [0.2, 0.25) is 0 Å². The molecule has 3 rings (SSSR count). The number of benzene rings is 2. The Hall–Kier alpha value is -2.60. The van der Waals surface area contributed by atoms with Crippen LogP contribution >= 0.6 is 0 Å². The monoisotopic (exact) mass is 385 g/mol. The van der Waals surface area contributed by atoms with Gasteiger partial charge in [-0.2, -0.15) is 0 Å². The number of amides is 1. The molecule has 1 saturated heterocycles. The van der Waals surface area contributed by atoms with E-state index in [4.69, 9.17) is 4.74 Å². The SMILES string of the molecule is COc1ccccc1N1CCN(C(=O)CCNCCc2ccccc2F)CC1. The van der Waals surface area contributed by atoms with Crippen LogP contribution in [-0.4, -0.2) is 57.2 Å². The summed E-state index contributed by atoms with van der Waals surface area (Å²) in [5, 5.41) is 3.24. The van der Waals surface area contributed by atoms with Crippen LogP contribution in [0.3, 0.4) is 0 Å². The second kappa shape index (κ2) is 10.1. The Balaban J connectivity index is 1.37. The van der Waals surface area contributed by atoms with Crippen LogP contribution in [0.1, 0.15) is 12.0 Å². The molecule has 1 heterocycles. The Morgan fingerprint density at radius 1 is 1.04 bits per heavy atom. The van der Waals surface area contributed by atoms with E-state index in [-0.39, 0.29) is 11.7 Å². The fourth-order valence-electron chi connectivity index (χ4n) is 3.49. The molecule has 2 aromatic rings. The molecule has 6 heteroatoms. The predicted octanol–water partition coefficient (Wildman–Crippen LogP) is 2.71. The lowest BCUT2D eigenvalue weighted by atomic mass is 10.1. The van der Waals surface area contributed by atoms with Gasteiger partial charge in [0.15, 0.2) is 0 Å². The number of methoxy groups -OCH3 is 1. The molecule has 0 radical (unpaired) electrons. The number of halogens is 1. The van der Waals surface area contributed by atoms with E-state index in [0.29, 0.717) is 44.6 Å². The first kappa shape index (κ1) is 20.1. The first-order chi connectivity index (χ1) is 13.7. The normalized spacial score (nSPS) is 14.2. The molecule has 0 saturated carbocycles. The average Bonchev–Trinajstić information content (AvgIpc) is 2.74. The highest BCUT2D eigenvalue weighted by Gasteiger charge is 2.22. The minimum absolute atomic E-state index is 0.165. The minimum atomic E-state index is -0.173. The van der Waals surface area contributed by atoms with Gasteiger partial charge in [0, 0.05) is 39.1 Å². The minimum Gasteiger partial charge on any atom is -0.495 e. The Morgan fingerprint density at radius 3 is 2.50 bits per heavy atom. The molecule has 1 fully saturated rings. The van der Waals surface area contributed by atoms with Gasteiger partial charge in [-0.15, -0.1) is 0 Å². The van der Waals surface area contributed by atoms with Crippen molar-refractivity contribution >= 4 is 11.6 Å². The molecule has 1 aliphatic rings. The van der Waals surface area contributed by atoms with Crippen molar-refractivity contribution in [2.45, 2.75) is 12.8 Å². The molecule has 0 atom stereocenters. The van der Waals surface area contributed by atoms with Crippen molar-refractivity contribution in [3.8, 4) is 5.75 Å². The van der Waals surface area contributed by atoms with Crippen LogP contribution in [0.4, 0.5) is 10.1 Å². The molecule has 0 unspecified atom stereocenters. The maximum atomic E-state index is 13.6. The van der Waals surface area contributed by atoms with Gasteiger partial charge in [-0.1, -0.05) is 30.3 Å². The zero-order valence-electron chi connectivity index (χ0n) is 16.4. The summed E-state index contributed by atoms with van der Waals surface area (Å²) in [6.07, 6.45) is 1.09. The van der Waals surface area contributed by atoms with E-state index in [1.165, 1.54) is 6.07 Å². The predicted molar refractivity (Wildman–Crippen MR) is 109 cm³/mol. The van der Waals surface area contributed by atoms with Gasteiger partial charge in [-0.05, 0) is 36.7 Å². The number of nitrogens with zero attached hydrogens (tertiary/aromatic N) is 2. The summed E-state index contributed by atoms with van der Waals surface area (Å²) in [6, 6.07) is 14.8. The number of piperazine rings is 1. The van der Waals surface area contributed by atoms with Gasteiger partial charge < -0.3 is 19.9 Å². The summed E-state index contributed by atoms with van der Waals surface area (Å²) in [5.41, 5.74) is 1.78. The van der Waals surface area contributed by atoms with E-state index in [0.717, 1.165) is 24.5 Å². The zero-order chi connectivity index (χ0) is 19.8. The van der Waals surface area contributed by atoms with Crippen molar-refractivity contribution in [1.82, 2.24) is 10.2 Å². The van der Waals surface area contributed by atoms with Crippen LogP contribution in [0.15, 0.2) is 48.5 Å². The maximum Gasteiger partial charge on any atom is 0.223 e. The fraction of sp³-hybridized carbons (Fsp3) is 0.409. The fourth-order valence-corrected chi connectivity index (χ4v) is 3.49. The van der Waals surface area contributed by atoms with Gasteiger partial charge in [-0.25, -0.2) is 4.39 Å². The Bertz CT molecular complexity index is 776. The lowest BCUT2D eigenvalue weighted by molar-refractivity contribution is -0.131. The number of hydrogen-bond acceptors (Lipinski definition) is 4. The molecule has 5 nitrogen and oxygen atoms in total. The number of ether oxygens (including phenoxy) is 1. The number of hydrogen-bond donors (Lipinski definition) is 1.